The van der Waals surface area contributed by atoms with Crippen molar-refractivity contribution in [3.63, 3.8) is 0 Å². The molecule has 0 radical (unpaired) electrons. The molecule has 1 aliphatic carbocycles. The van der Waals surface area contributed by atoms with E-state index in [0.29, 0.717) is 16.9 Å². The van der Waals surface area contributed by atoms with Gasteiger partial charge in [0.1, 0.15) is 11.5 Å². The minimum absolute atomic E-state index is 0.0193. The van der Waals surface area contributed by atoms with Crippen molar-refractivity contribution >= 4 is 22.5 Å². The summed E-state index contributed by atoms with van der Waals surface area (Å²) in [6.07, 6.45) is 4.58. The number of benzene rings is 4. The van der Waals surface area contributed by atoms with E-state index in [-0.39, 0.29) is 11.2 Å². The van der Waals surface area contributed by atoms with Crippen LogP contribution in [-0.4, -0.2) is 18.9 Å². The second kappa shape index (κ2) is 9.85. The van der Waals surface area contributed by atoms with E-state index < -0.39 is 5.97 Å². The van der Waals surface area contributed by atoms with Gasteiger partial charge in [0.05, 0.1) is 12.7 Å². The Balaban J connectivity index is 1.41. The maximum atomic E-state index is 13.0. The Morgan fingerprint density at radius 3 is 1.78 bits per heavy atom. The Labute approximate surface area is 218 Å². The topological polar surface area (TPSA) is 52.6 Å². The highest BCUT2D eigenvalue weighted by Crippen LogP contribution is 2.48. The van der Waals surface area contributed by atoms with Crippen LogP contribution in [0.5, 0.6) is 11.5 Å². The summed E-state index contributed by atoms with van der Waals surface area (Å²) in [7, 11) is 1.71. The predicted octanol–water partition coefficient (Wildman–Crippen LogP) is 7.75. The molecule has 4 aromatic rings. The molecule has 0 atom stereocenters. The summed E-state index contributed by atoms with van der Waals surface area (Å²) in [4.78, 5) is 24.7. The molecule has 4 aromatic carbocycles. The monoisotopic (exact) mass is 492 g/mol. The van der Waals surface area contributed by atoms with Gasteiger partial charge in [-0.1, -0.05) is 55.3 Å². The molecule has 1 saturated carbocycles. The number of Topliss-reactive ketones (excluding diaryl/α,β-unsaturated/α-hetero) is 1. The molecule has 0 unspecified atom stereocenters. The quantitative estimate of drug-likeness (QED) is 0.157. The summed E-state index contributed by atoms with van der Waals surface area (Å²) in [5, 5.41) is 1.81. The van der Waals surface area contributed by atoms with Crippen molar-refractivity contribution in [1.82, 2.24) is 0 Å². The lowest BCUT2D eigenvalue weighted by molar-refractivity contribution is 0.0733. The Kier molecular flexibility index (Phi) is 6.59. The standard InChI is InChI=1S/C33H32O4/c1-21-17-28(11-13-30(21)36-4)33(15-5-6-16-33)29-12-14-31(22(2)18-29)37-32(35)27-10-9-25-19-24(23(3)34)7-8-26(25)20-27/h7-14,17-20H,5-6,15-16H2,1-4H3. The zero-order valence-corrected chi connectivity index (χ0v) is 21.9. The van der Waals surface area contributed by atoms with Gasteiger partial charge in [0.25, 0.3) is 0 Å². The zero-order valence-electron chi connectivity index (χ0n) is 21.9. The second-order valence-corrected chi connectivity index (χ2v) is 10.2. The average Bonchev–Trinajstić information content (AvgIpc) is 3.40. The SMILES string of the molecule is COc1ccc(C2(c3ccc(OC(=O)c4ccc5cc(C(C)=O)ccc5c4)c(C)c3)CCCC2)cc1C. The van der Waals surface area contributed by atoms with Crippen LogP contribution in [0.4, 0.5) is 0 Å². The van der Waals surface area contributed by atoms with Crippen LogP contribution in [0, 0.1) is 13.8 Å². The van der Waals surface area contributed by atoms with Crippen LogP contribution in [0.15, 0.2) is 72.8 Å². The number of aryl methyl sites for hydroxylation is 2. The van der Waals surface area contributed by atoms with Gasteiger partial charge in [-0.25, -0.2) is 4.79 Å². The number of esters is 1. The first-order chi connectivity index (χ1) is 17.8. The highest BCUT2D eigenvalue weighted by molar-refractivity contribution is 6.01. The number of methoxy groups -OCH3 is 1. The van der Waals surface area contributed by atoms with Gasteiger partial charge in [-0.05, 0) is 97.0 Å². The van der Waals surface area contributed by atoms with Crippen LogP contribution < -0.4 is 9.47 Å². The number of hydrogen-bond donors (Lipinski definition) is 0. The summed E-state index contributed by atoms with van der Waals surface area (Å²) in [6, 6.07) is 23.7. The Hall–Kier alpha value is -3.92. The van der Waals surface area contributed by atoms with Crippen molar-refractivity contribution < 1.29 is 19.1 Å². The molecule has 188 valence electrons. The van der Waals surface area contributed by atoms with Gasteiger partial charge in [-0.3, -0.25) is 4.79 Å². The number of ether oxygens (including phenoxy) is 2. The molecule has 0 spiro atoms. The van der Waals surface area contributed by atoms with Gasteiger partial charge in [0.15, 0.2) is 5.78 Å². The third-order valence-electron chi connectivity index (χ3n) is 7.82. The van der Waals surface area contributed by atoms with E-state index in [1.807, 2.05) is 37.3 Å². The highest BCUT2D eigenvalue weighted by atomic mass is 16.5. The summed E-state index contributed by atoms with van der Waals surface area (Å²) in [5.41, 5.74) is 5.75. The minimum Gasteiger partial charge on any atom is -0.496 e. The van der Waals surface area contributed by atoms with Crippen LogP contribution in [0.25, 0.3) is 10.8 Å². The van der Waals surface area contributed by atoms with Gasteiger partial charge < -0.3 is 9.47 Å². The van der Waals surface area contributed by atoms with Crippen LogP contribution >= 0.6 is 0 Å². The molecule has 0 N–H and O–H groups in total. The lowest BCUT2D eigenvalue weighted by Crippen LogP contribution is -2.24. The number of ketones is 1. The largest absolute Gasteiger partial charge is 0.496 e. The van der Waals surface area contributed by atoms with E-state index in [4.69, 9.17) is 9.47 Å². The van der Waals surface area contributed by atoms with Crippen molar-refractivity contribution in [2.45, 2.75) is 51.9 Å². The third-order valence-corrected chi connectivity index (χ3v) is 7.82. The van der Waals surface area contributed by atoms with E-state index in [1.165, 1.54) is 24.0 Å². The van der Waals surface area contributed by atoms with Crippen molar-refractivity contribution in [3.05, 3.63) is 106 Å². The summed E-state index contributed by atoms with van der Waals surface area (Å²) in [6.45, 7) is 5.64. The molecule has 4 heteroatoms. The predicted molar refractivity (Wildman–Crippen MR) is 147 cm³/mol. The van der Waals surface area contributed by atoms with Crippen LogP contribution in [0.1, 0.15) is 75.6 Å². The minimum atomic E-state index is -0.394. The van der Waals surface area contributed by atoms with Gasteiger partial charge in [0, 0.05) is 11.0 Å². The normalized spacial score (nSPS) is 14.5. The molecular weight excluding hydrogens is 460 g/mol. The van der Waals surface area contributed by atoms with E-state index >= 15 is 0 Å². The smallest absolute Gasteiger partial charge is 0.343 e. The second-order valence-electron chi connectivity index (χ2n) is 10.2. The molecule has 0 heterocycles. The lowest BCUT2D eigenvalue weighted by atomic mass is 9.72. The van der Waals surface area contributed by atoms with Crippen molar-refractivity contribution in [2.24, 2.45) is 0 Å². The Bertz CT molecular complexity index is 1510. The van der Waals surface area contributed by atoms with E-state index in [1.54, 1.807) is 26.2 Å². The van der Waals surface area contributed by atoms with Crippen molar-refractivity contribution in [2.75, 3.05) is 7.11 Å². The van der Waals surface area contributed by atoms with Crippen molar-refractivity contribution in [3.8, 4) is 11.5 Å². The van der Waals surface area contributed by atoms with Gasteiger partial charge in [-0.15, -0.1) is 0 Å². The fourth-order valence-corrected chi connectivity index (χ4v) is 5.71. The van der Waals surface area contributed by atoms with Gasteiger partial charge in [0.2, 0.25) is 0 Å². The first-order valence-corrected chi connectivity index (χ1v) is 12.8. The van der Waals surface area contributed by atoms with Gasteiger partial charge in [-0.2, -0.15) is 0 Å². The summed E-state index contributed by atoms with van der Waals surface area (Å²) >= 11 is 0. The fourth-order valence-electron chi connectivity index (χ4n) is 5.71. The maximum Gasteiger partial charge on any atom is 0.343 e. The molecule has 0 aromatic heterocycles. The molecule has 1 aliphatic rings. The van der Waals surface area contributed by atoms with E-state index in [2.05, 4.69) is 37.3 Å². The first kappa shape index (κ1) is 24.8. The lowest BCUT2D eigenvalue weighted by Gasteiger charge is -2.31. The first-order valence-electron chi connectivity index (χ1n) is 12.8. The van der Waals surface area contributed by atoms with Gasteiger partial charge >= 0.3 is 5.97 Å². The molecule has 37 heavy (non-hydrogen) atoms. The molecule has 0 saturated heterocycles. The molecule has 1 fully saturated rings. The molecule has 0 bridgehead atoms. The van der Waals surface area contributed by atoms with Crippen molar-refractivity contribution in [1.29, 1.82) is 0 Å². The Morgan fingerprint density at radius 2 is 1.24 bits per heavy atom. The number of rotatable bonds is 6. The fraction of sp³-hybridized carbons (Fsp3) is 0.273. The number of carbonyl (C=O) groups excluding carboxylic acids is 2. The third kappa shape index (κ3) is 4.64. The number of hydrogen-bond acceptors (Lipinski definition) is 4. The van der Waals surface area contributed by atoms with E-state index in [9.17, 15) is 9.59 Å². The van der Waals surface area contributed by atoms with Crippen LogP contribution in [0.2, 0.25) is 0 Å². The zero-order chi connectivity index (χ0) is 26.2. The molecule has 4 nitrogen and oxygen atoms in total. The summed E-state index contributed by atoms with van der Waals surface area (Å²) in [5.74, 6) is 1.10. The highest BCUT2D eigenvalue weighted by Gasteiger charge is 2.38. The molecule has 0 aliphatic heterocycles. The van der Waals surface area contributed by atoms with Crippen LogP contribution in [0.3, 0.4) is 0 Å². The summed E-state index contributed by atoms with van der Waals surface area (Å²) < 4.78 is 11.3. The van der Waals surface area contributed by atoms with E-state index in [0.717, 1.165) is 40.5 Å². The molecule has 0 amide bonds. The number of fused-ring (bicyclic) bond motifs is 1. The molecule has 5 rings (SSSR count). The maximum absolute atomic E-state index is 13.0. The Morgan fingerprint density at radius 1 is 0.703 bits per heavy atom. The van der Waals surface area contributed by atoms with Crippen LogP contribution in [-0.2, 0) is 5.41 Å². The molecular formula is C33H32O4. The number of carbonyl (C=O) groups is 2. The average molecular weight is 493 g/mol.